The van der Waals surface area contributed by atoms with Gasteiger partial charge in [-0.2, -0.15) is 0 Å². The number of nitrogens with zero attached hydrogens (tertiary/aromatic N) is 2. The van der Waals surface area contributed by atoms with Crippen molar-refractivity contribution in [2.75, 3.05) is 7.11 Å². The van der Waals surface area contributed by atoms with Crippen LogP contribution in [0.2, 0.25) is 5.15 Å². The van der Waals surface area contributed by atoms with E-state index in [-0.39, 0.29) is 0 Å². The number of ether oxygens (including phenoxy) is 1. The molecular weight excluding hydrogens is 200 g/mol. The summed E-state index contributed by atoms with van der Waals surface area (Å²) >= 11 is 5.98. The van der Waals surface area contributed by atoms with Gasteiger partial charge < -0.3 is 4.74 Å². The SMILES string of the molecule is COc1c(C)nc(C2CCC2)nc1Cl. The molecule has 1 aliphatic carbocycles. The molecule has 0 aromatic carbocycles. The first kappa shape index (κ1) is 9.71. The van der Waals surface area contributed by atoms with E-state index in [9.17, 15) is 0 Å². The molecule has 0 saturated heterocycles. The third-order valence-electron chi connectivity index (χ3n) is 2.69. The van der Waals surface area contributed by atoms with Crippen molar-refractivity contribution in [3.63, 3.8) is 0 Å². The lowest BCUT2D eigenvalue weighted by Gasteiger charge is -2.24. The zero-order valence-corrected chi connectivity index (χ0v) is 9.14. The van der Waals surface area contributed by atoms with E-state index < -0.39 is 0 Å². The third kappa shape index (κ3) is 1.57. The highest BCUT2D eigenvalue weighted by atomic mass is 35.5. The second kappa shape index (κ2) is 3.73. The van der Waals surface area contributed by atoms with Gasteiger partial charge in [0.2, 0.25) is 0 Å². The number of hydrogen-bond donors (Lipinski definition) is 0. The number of aromatic nitrogens is 2. The van der Waals surface area contributed by atoms with E-state index in [1.807, 2.05) is 6.92 Å². The highest BCUT2D eigenvalue weighted by molar-refractivity contribution is 6.30. The lowest BCUT2D eigenvalue weighted by atomic mass is 9.85. The number of rotatable bonds is 2. The predicted molar refractivity (Wildman–Crippen MR) is 54.9 cm³/mol. The molecule has 1 aromatic heterocycles. The summed E-state index contributed by atoms with van der Waals surface area (Å²) in [6.45, 7) is 1.90. The molecule has 1 saturated carbocycles. The smallest absolute Gasteiger partial charge is 0.177 e. The Morgan fingerprint density at radius 2 is 2.07 bits per heavy atom. The number of halogens is 1. The monoisotopic (exact) mass is 212 g/mol. The van der Waals surface area contributed by atoms with Crippen molar-refractivity contribution in [3.05, 3.63) is 16.7 Å². The Morgan fingerprint density at radius 3 is 2.50 bits per heavy atom. The van der Waals surface area contributed by atoms with E-state index in [1.165, 1.54) is 19.3 Å². The van der Waals surface area contributed by atoms with Crippen molar-refractivity contribution in [3.8, 4) is 5.75 Å². The Bertz CT molecular complexity index is 327. The van der Waals surface area contributed by atoms with Crippen LogP contribution in [0, 0.1) is 6.92 Å². The van der Waals surface area contributed by atoms with Gasteiger partial charge >= 0.3 is 0 Å². The molecule has 1 fully saturated rings. The standard InChI is InChI=1S/C10H13ClN2O/c1-6-8(14-2)9(11)13-10(12-6)7-4-3-5-7/h7H,3-5H2,1-2H3. The first-order valence-electron chi connectivity index (χ1n) is 4.80. The summed E-state index contributed by atoms with van der Waals surface area (Å²) < 4.78 is 5.11. The minimum atomic E-state index is 0.432. The number of hydrogen-bond acceptors (Lipinski definition) is 3. The largest absolute Gasteiger partial charge is 0.492 e. The molecule has 0 bridgehead atoms. The van der Waals surface area contributed by atoms with E-state index in [4.69, 9.17) is 16.3 Å². The summed E-state index contributed by atoms with van der Waals surface area (Å²) in [6.07, 6.45) is 3.64. The van der Waals surface area contributed by atoms with Crippen molar-refractivity contribution >= 4 is 11.6 Å². The van der Waals surface area contributed by atoms with Crippen molar-refractivity contribution in [2.45, 2.75) is 32.1 Å². The van der Waals surface area contributed by atoms with Crippen LogP contribution in [0.3, 0.4) is 0 Å². The fourth-order valence-corrected chi connectivity index (χ4v) is 1.93. The molecule has 0 amide bonds. The summed E-state index contributed by atoms with van der Waals surface area (Å²) in [5.74, 6) is 1.98. The molecule has 1 heterocycles. The van der Waals surface area contributed by atoms with Crippen molar-refractivity contribution in [2.24, 2.45) is 0 Å². The second-order valence-electron chi connectivity index (χ2n) is 3.62. The van der Waals surface area contributed by atoms with Crippen LogP contribution >= 0.6 is 11.6 Å². The average molecular weight is 213 g/mol. The Balaban J connectivity index is 2.35. The summed E-state index contributed by atoms with van der Waals surface area (Å²) in [6, 6.07) is 0. The van der Waals surface area contributed by atoms with Gasteiger partial charge in [0.25, 0.3) is 0 Å². The van der Waals surface area contributed by atoms with Crippen LogP contribution in [0.15, 0.2) is 0 Å². The molecule has 0 unspecified atom stereocenters. The van der Waals surface area contributed by atoms with Crippen LogP contribution in [-0.2, 0) is 0 Å². The Kier molecular flexibility index (Phi) is 2.59. The van der Waals surface area contributed by atoms with Crippen LogP contribution in [0.5, 0.6) is 5.75 Å². The Labute approximate surface area is 88.5 Å². The normalized spacial score (nSPS) is 16.5. The topological polar surface area (TPSA) is 35.0 Å². The summed E-state index contributed by atoms with van der Waals surface area (Å²) in [4.78, 5) is 8.66. The molecule has 0 N–H and O–H groups in total. The van der Waals surface area contributed by atoms with Crippen molar-refractivity contribution < 1.29 is 4.74 Å². The maximum Gasteiger partial charge on any atom is 0.177 e. The van der Waals surface area contributed by atoms with Gasteiger partial charge in [-0.05, 0) is 19.8 Å². The molecule has 76 valence electrons. The van der Waals surface area contributed by atoms with Crippen LogP contribution < -0.4 is 4.74 Å². The number of methoxy groups -OCH3 is 1. The fourth-order valence-electron chi connectivity index (χ4n) is 1.63. The van der Waals surface area contributed by atoms with Gasteiger partial charge in [-0.15, -0.1) is 0 Å². The second-order valence-corrected chi connectivity index (χ2v) is 3.98. The maximum atomic E-state index is 5.98. The molecule has 0 atom stereocenters. The average Bonchev–Trinajstić information content (AvgIpc) is 2.00. The van der Waals surface area contributed by atoms with Gasteiger partial charge in [0.15, 0.2) is 10.9 Å². The van der Waals surface area contributed by atoms with E-state index in [1.54, 1.807) is 7.11 Å². The molecule has 1 aliphatic rings. The van der Waals surface area contributed by atoms with Crippen molar-refractivity contribution in [1.82, 2.24) is 9.97 Å². The van der Waals surface area contributed by atoms with E-state index >= 15 is 0 Å². The van der Waals surface area contributed by atoms with Crippen LogP contribution in [0.25, 0.3) is 0 Å². The molecule has 1 aromatic rings. The summed E-state index contributed by atoms with van der Waals surface area (Å²) in [7, 11) is 1.58. The van der Waals surface area contributed by atoms with Gasteiger partial charge in [0.05, 0.1) is 12.8 Å². The summed E-state index contributed by atoms with van der Waals surface area (Å²) in [5, 5.41) is 0.432. The lowest BCUT2D eigenvalue weighted by Crippen LogP contribution is -2.13. The predicted octanol–water partition coefficient (Wildman–Crippen LogP) is 2.71. The molecule has 4 heteroatoms. The lowest BCUT2D eigenvalue weighted by molar-refractivity contribution is 0.386. The molecule has 0 radical (unpaired) electrons. The maximum absolute atomic E-state index is 5.98. The molecule has 0 spiro atoms. The first-order valence-corrected chi connectivity index (χ1v) is 5.18. The minimum Gasteiger partial charge on any atom is -0.492 e. The zero-order chi connectivity index (χ0) is 10.1. The van der Waals surface area contributed by atoms with E-state index in [2.05, 4.69) is 9.97 Å². The summed E-state index contributed by atoms with van der Waals surface area (Å²) in [5.41, 5.74) is 0.828. The Morgan fingerprint density at radius 1 is 1.36 bits per heavy atom. The minimum absolute atomic E-state index is 0.432. The highest BCUT2D eigenvalue weighted by Gasteiger charge is 2.24. The molecule has 3 nitrogen and oxygen atoms in total. The first-order chi connectivity index (χ1) is 6.72. The van der Waals surface area contributed by atoms with Crippen molar-refractivity contribution in [1.29, 1.82) is 0 Å². The highest BCUT2D eigenvalue weighted by Crippen LogP contribution is 2.36. The zero-order valence-electron chi connectivity index (χ0n) is 8.38. The third-order valence-corrected chi connectivity index (χ3v) is 2.94. The van der Waals surface area contributed by atoms with E-state index in [0.29, 0.717) is 16.8 Å². The molecule has 0 aliphatic heterocycles. The van der Waals surface area contributed by atoms with Crippen LogP contribution in [-0.4, -0.2) is 17.1 Å². The van der Waals surface area contributed by atoms with Gasteiger partial charge in [-0.3, -0.25) is 0 Å². The quantitative estimate of drug-likeness (QED) is 0.707. The Hall–Kier alpha value is -0.830. The van der Waals surface area contributed by atoms with Gasteiger partial charge in [-0.1, -0.05) is 18.0 Å². The molecular formula is C10H13ClN2O. The molecule has 2 rings (SSSR count). The van der Waals surface area contributed by atoms with Crippen LogP contribution in [0.4, 0.5) is 0 Å². The van der Waals surface area contributed by atoms with Gasteiger partial charge in [-0.25, -0.2) is 9.97 Å². The van der Waals surface area contributed by atoms with Gasteiger partial charge in [0.1, 0.15) is 5.82 Å². The van der Waals surface area contributed by atoms with Gasteiger partial charge in [0, 0.05) is 5.92 Å². The fraction of sp³-hybridized carbons (Fsp3) is 0.600. The number of aryl methyl sites for hydroxylation is 1. The van der Waals surface area contributed by atoms with E-state index in [0.717, 1.165) is 11.5 Å². The van der Waals surface area contributed by atoms with Crippen LogP contribution in [0.1, 0.15) is 36.7 Å². The molecule has 14 heavy (non-hydrogen) atoms.